The van der Waals surface area contributed by atoms with E-state index in [2.05, 4.69) is 5.10 Å². The smallest absolute Gasteiger partial charge is 0.328 e. The van der Waals surface area contributed by atoms with Crippen LogP contribution in [0.1, 0.15) is 35.3 Å². The SMILES string of the molecule is CCc1ccc(C(=O)CC(C(=O)O)n2cccn2)cc1. The quantitative estimate of drug-likeness (QED) is 0.819. The third kappa shape index (κ3) is 3.12. The predicted octanol–water partition coefficient (Wildman–Crippen LogP) is 2.34. The molecule has 5 nitrogen and oxygen atoms in total. The molecule has 20 heavy (non-hydrogen) atoms. The van der Waals surface area contributed by atoms with Crippen LogP contribution in [0.25, 0.3) is 0 Å². The molecule has 2 aromatic rings. The number of carboxylic acids is 1. The first-order valence-electron chi connectivity index (χ1n) is 6.46. The molecule has 1 N–H and O–H groups in total. The first-order valence-corrected chi connectivity index (χ1v) is 6.46. The average Bonchev–Trinajstić information content (AvgIpc) is 2.98. The van der Waals surface area contributed by atoms with Gasteiger partial charge < -0.3 is 5.11 Å². The van der Waals surface area contributed by atoms with Gasteiger partial charge >= 0.3 is 5.97 Å². The summed E-state index contributed by atoms with van der Waals surface area (Å²) in [5.41, 5.74) is 1.67. The highest BCUT2D eigenvalue weighted by molar-refractivity contribution is 5.98. The fourth-order valence-corrected chi connectivity index (χ4v) is 1.98. The second-order valence-corrected chi connectivity index (χ2v) is 4.52. The Morgan fingerprint density at radius 1 is 1.30 bits per heavy atom. The van der Waals surface area contributed by atoms with Crippen LogP contribution >= 0.6 is 0 Å². The van der Waals surface area contributed by atoms with E-state index in [9.17, 15) is 14.7 Å². The van der Waals surface area contributed by atoms with Crippen LogP contribution in [-0.2, 0) is 11.2 Å². The number of aryl methyl sites for hydroxylation is 1. The van der Waals surface area contributed by atoms with Gasteiger partial charge in [-0.05, 0) is 18.1 Å². The summed E-state index contributed by atoms with van der Waals surface area (Å²) in [5.74, 6) is -1.26. The van der Waals surface area contributed by atoms with Crippen LogP contribution in [0.2, 0.25) is 0 Å². The van der Waals surface area contributed by atoms with Gasteiger partial charge in [-0.15, -0.1) is 0 Å². The Bertz CT molecular complexity index is 588. The second kappa shape index (κ2) is 6.14. The van der Waals surface area contributed by atoms with Crippen molar-refractivity contribution >= 4 is 11.8 Å². The molecule has 0 saturated heterocycles. The van der Waals surface area contributed by atoms with E-state index in [1.54, 1.807) is 24.4 Å². The van der Waals surface area contributed by atoms with E-state index in [1.807, 2.05) is 19.1 Å². The zero-order valence-electron chi connectivity index (χ0n) is 11.2. The van der Waals surface area contributed by atoms with Gasteiger partial charge in [0, 0.05) is 24.4 Å². The van der Waals surface area contributed by atoms with Crippen LogP contribution in [0.4, 0.5) is 0 Å². The molecule has 1 atom stereocenters. The Kier molecular flexibility index (Phi) is 4.30. The molecule has 0 bridgehead atoms. The molecule has 104 valence electrons. The summed E-state index contributed by atoms with van der Waals surface area (Å²) in [7, 11) is 0. The van der Waals surface area contributed by atoms with Crippen LogP contribution < -0.4 is 0 Å². The third-order valence-electron chi connectivity index (χ3n) is 3.19. The number of rotatable bonds is 6. The Morgan fingerprint density at radius 3 is 2.50 bits per heavy atom. The number of ketones is 1. The highest BCUT2D eigenvalue weighted by Crippen LogP contribution is 2.16. The molecule has 1 unspecified atom stereocenters. The van der Waals surface area contributed by atoms with Crippen molar-refractivity contribution in [2.75, 3.05) is 0 Å². The maximum atomic E-state index is 12.1. The highest BCUT2D eigenvalue weighted by atomic mass is 16.4. The molecule has 0 spiro atoms. The van der Waals surface area contributed by atoms with Gasteiger partial charge in [-0.3, -0.25) is 9.48 Å². The van der Waals surface area contributed by atoms with E-state index in [-0.39, 0.29) is 12.2 Å². The number of nitrogens with zero attached hydrogens (tertiary/aromatic N) is 2. The van der Waals surface area contributed by atoms with Crippen molar-refractivity contribution in [2.24, 2.45) is 0 Å². The molecule has 0 aliphatic carbocycles. The van der Waals surface area contributed by atoms with Gasteiger partial charge in [0.1, 0.15) is 0 Å². The van der Waals surface area contributed by atoms with Gasteiger partial charge in [-0.25, -0.2) is 4.79 Å². The molecule has 1 heterocycles. The van der Waals surface area contributed by atoms with Gasteiger partial charge in [0.15, 0.2) is 11.8 Å². The minimum atomic E-state index is -1.06. The lowest BCUT2D eigenvalue weighted by molar-refractivity contribution is -0.141. The summed E-state index contributed by atoms with van der Waals surface area (Å²) in [5, 5.41) is 13.1. The number of hydrogen-bond donors (Lipinski definition) is 1. The molecule has 0 fully saturated rings. The molecule has 1 aromatic heterocycles. The van der Waals surface area contributed by atoms with Crippen molar-refractivity contribution in [2.45, 2.75) is 25.8 Å². The number of hydrogen-bond acceptors (Lipinski definition) is 3. The maximum absolute atomic E-state index is 12.1. The van der Waals surface area contributed by atoms with E-state index in [4.69, 9.17) is 0 Å². The maximum Gasteiger partial charge on any atom is 0.328 e. The molecule has 2 rings (SSSR count). The van der Waals surface area contributed by atoms with Crippen molar-refractivity contribution < 1.29 is 14.7 Å². The number of carbonyl (C=O) groups excluding carboxylic acids is 1. The van der Waals surface area contributed by atoms with Crippen LogP contribution in [0.5, 0.6) is 0 Å². The minimum Gasteiger partial charge on any atom is -0.480 e. The van der Waals surface area contributed by atoms with Crippen molar-refractivity contribution in [1.82, 2.24) is 9.78 Å². The molecule has 0 saturated carbocycles. The van der Waals surface area contributed by atoms with Crippen LogP contribution in [0.3, 0.4) is 0 Å². The van der Waals surface area contributed by atoms with Crippen molar-refractivity contribution in [3.63, 3.8) is 0 Å². The number of Topliss-reactive ketones (excluding diaryl/α,β-unsaturated/α-hetero) is 1. The Labute approximate surface area is 116 Å². The second-order valence-electron chi connectivity index (χ2n) is 4.52. The van der Waals surface area contributed by atoms with E-state index in [0.29, 0.717) is 5.56 Å². The molecule has 0 aliphatic rings. The predicted molar refractivity (Wildman–Crippen MR) is 73.7 cm³/mol. The summed E-state index contributed by atoms with van der Waals surface area (Å²) >= 11 is 0. The Hall–Kier alpha value is -2.43. The van der Waals surface area contributed by atoms with Crippen LogP contribution in [0, 0.1) is 0 Å². The topological polar surface area (TPSA) is 72.2 Å². The molecule has 0 radical (unpaired) electrons. The number of carboxylic acid groups (broad SMARTS) is 1. The lowest BCUT2D eigenvalue weighted by Crippen LogP contribution is -2.22. The fourth-order valence-electron chi connectivity index (χ4n) is 1.98. The third-order valence-corrected chi connectivity index (χ3v) is 3.19. The average molecular weight is 272 g/mol. The largest absolute Gasteiger partial charge is 0.480 e. The fraction of sp³-hybridized carbons (Fsp3) is 0.267. The molecular weight excluding hydrogens is 256 g/mol. The molecule has 0 amide bonds. The molecule has 1 aromatic carbocycles. The summed E-state index contributed by atoms with van der Waals surface area (Å²) in [6.07, 6.45) is 3.84. The first-order chi connectivity index (χ1) is 9.61. The zero-order valence-corrected chi connectivity index (χ0v) is 11.2. The lowest BCUT2D eigenvalue weighted by Gasteiger charge is -2.12. The Balaban J connectivity index is 2.14. The zero-order chi connectivity index (χ0) is 14.5. The van der Waals surface area contributed by atoms with Crippen LogP contribution in [-0.4, -0.2) is 26.6 Å². The number of aromatic nitrogens is 2. The summed E-state index contributed by atoms with van der Waals surface area (Å²) in [4.78, 5) is 23.4. The standard InChI is InChI=1S/C15H16N2O3/c1-2-11-4-6-12(7-5-11)14(18)10-13(15(19)20)17-9-3-8-16-17/h3-9,13H,2,10H2,1H3,(H,19,20). The van der Waals surface area contributed by atoms with Crippen LogP contribution in [0.15, 0.2) is 42.7 Å². The van der Waals surface area contributed by atoms with Gasteiger partial charge in [0.2, 0.25) is 0 Å². The molecular formula is C15H16N2O3. The summed E-state index contributed by atoms with van der Waals surface area (Å²) in [6.45, 7) is 2.04. The number of benzene rings is 1. The van der Waals surface area contributed by atoms with E-state index in [1.165, 1.54) is 10.9 Å². The van der Waals surface area contributed by atoms with E-state index in [0.717, 1.165) is 12.0 Å². The van der Waals surface area contributed by atoms with Crippen molar-refractivity contribution in [3.8, 4) is 0 Å². The van der Waals surface area contributed by atoms with Crippen molar-refractivity contribution in [1.29, 1.82) is 0 Å². The monoisotopic (exact) mass is 272 g/mol. The van der Waals surface area contributed by atoms with Gasteiger partial charge in [0.25, 0.3) is 0 Å². The normalized spacial score (nSPS) is 12.1. The lowest BCUT2D eigenvalue weighted by atomic mass is 10.0. The van der Waals surface area contributed by atoms with Gasteiger partial charge in [-0.1, -0.05) is 31.2 Å². The Morgan fingerprint density at radius 2 is 2.00 bits per heavy atom. The molecule has 0 aliphatic heterocycles. The van der Waals surface area contributed by atoms with E-state index >= 15 is 0 Å². The number of aliphatic carboxylic acids is 1. The van der Waals surface area contributed by atoms with E-state index < -0.39 is 12.0 Å². The molecule has 5 heteroatoms. The summed E-state index contributed by atoms with van der Waals surface area (Å²) in [6, 6.07) is 7.92. The minimum absolute atomic E-state index is 0.109. The summed E-state index contributed by atoms with van der Waals surface area (Å²) < 4.78 is 1.29. The number of carbonyl (C=O) groups is 2. The first kappa shape index (κ1) is 14.0. The van der Waals surface area contributed by atoms with Crippen molar-refractivity contribution in [3.05, 3.63) is 53.9 Å². The van der Waals surface area contributed by atoms with Gasteiger partial charge in [-0.2, -0.15) is 5.10 Å². The van der Waals surface area contributed by atoms with Gasteiger partial charge in [0.05, 0.1) is 0 Å². The highest BCUT2D eigenvalue weighted by Gasteiger charge is 2.23.